The van der Waals surface area contributed by atoms with Gasteiger partial charge in [0.25, 0.3) is 5.91 Å². The molecule has 0 unspecified atom stereocenters. The summed E-state index contributed by atoms with van der Waals surface area (Å²) in [6.07, 6.45) is 0. The summed E-state index contributed by atoms with van der Waals surface area (Å²) in [5.74, 6) is -1.84. The van der Waals surface area contributed by atoms with Gasteiger partial charge in [-0.05, 0) is 34.7 Å². The molecule has 1 aliphatic rings. The number of nitrogens with zero attached hydrogens (tertiary/aromatic N) is 2. The molecule has 1 heterocycles. The Balaban J connectivity index is 2.72. The fourth-order valence-corrected chi connectivity index (χ4v) is 2.01. The highest BCUT2D eigenvalue weighted by Gasteiger charge is 2.33. The van der Waals surface area contributed by atoms with Gasteiger partial charge in [0.15, 0.2) is 0 Å². The van der Waals surface area contributed by atoms with Crippen molar-refractivity contribution < 1.29 is 19.5 Å². The largest absolute Gasteiger partial charge is 0.478 e. The maximum absolute atomic E-state index is 12.1. The van der Waals surface area contributed by atoms with Gasteiger partial charge < -0.3 is 10.0 Å². The lowest BCUT2D eigenvalue weighted by Gasteiger charge is -2.45. The number of hydrogen-bond acceptors (Lipinski definition) is 4. The zero-order valence-electron chi connectivity index (χ0n) is 13.2. The molecule has 21 heavy (non-hydrogen) atoms. The Hall–Kier alpha value is -1.89. The van der Waals surface area contributed by atoms with E-state index in [0.717, 1.165) is 6.54 Å². The SMILES string of the molecule is CC(C(=O)O)=C(C)C(=O)NC(=O)N1CCN(C)C(C)(C)C1. The molecule has 0 aromatic heterocycles. The van der Waals surface area contributed by atoms with Crippen molar-refractivity contribution in [3.63, 3.8) is 0 Å². The number of nitrogens with one attached hydrogen (secondary N) is 1. The van der Waals surface area contributed by atoms with E-state index >= 15 is 0 Å². The van der Waals surface area contributed by atoms with Crippen LogP contribution in [0.2, 0.25) is 0 Å². The first-order chi connectivity index (χ1) is 9.56. The van der Waals surface area contributed by atoms with Crippen LogP contribution in [0, 0.1) is 0 Å². The summed E-state index contributed by atoms with van der Waals surface area (Å²) >= 11 is 0. The van der Waals surface area contributed by atoms with Gasteiger partial charge in [0.05, 0.1) is 0 Å². The lowest BCUT2D eigenvalue weighted by Crippen LogP contribution is -2.60. The molecule has 1 saturated heterocycles. The van der Waals surface area contributed by atoms with Crippen molar-refractivity contribution in [1.82, 2.24) is 15.1 Å². The second-order valence-corrected chi connectivity index (χ2v) is 5.97. The summed E-state index contributed by atoms with van der Waals surface area (Å²) in [6.45, 7) is 8.52. The van der Waals surface area contributed by atoms with Gasteiger partial charge in [0, 0.05) is 36.3 Å². The zero-order valence-corrected chi connectivity index (χ0v) is 13.2. The topological polar surface area (TPSA) is 89.9 Å². The van der Waals surface area contributed by atoms with Crippen LogP contribution in [0.1, 0.15) is 27.7 Å². The first kappa shape index (κ1) is 17.2. The summed E-state index contributed by atoms with van der Waals surface area (Å²) in [5, 5.41) is 11.1. The summed E-state index contributed by atoms with van der Waals surface area (Å²) in [6, 6.07) is -0.487. The average Bonchev–Trinajstić information content (AvgIpc) is 2.39. The van der Waals surface area contributed by atoms with Crippen LogP contribution in [0.4, 0.5) is 4.79 Å². The van der Waals surface area contributed by atoms with Crippen LogP contribution in [0.25, 0.3) is 0 Å². The standard InChI is InChI=1S/C14H23N3O4/c1-9(10(2)12(19)20)11(18)15-13(21)17-7-6-16(5)14(3,4)8-17/h6-8H2,1-5H3,(H,19,20)(H,15,18,21). The van der Waals surface area contributed by atoms with E-state index < -0.39 is 17.9 Å². The van der Waals surface area contributed by atoms with Crippen molar-refractivity contribution in [2.24, 2.45) is 0 Å². The van der Waals surface area contributed by atoms with Crippen LogP contribution >= 0.6 is 0 Å². The minimum absolute atomic E-state index is 0.0317. The van der Waals surface area contributed by atoms with Crippen molar-refractivity contribution in [2.45, 2.75) is 33.2 Å². The van der Waals surface area contributed by atoms with Crippen molar-refractivity contribution in [1.29, 1.82) is 0 Å². The van der Waals surface area contributed by atoms with Crippen LogP contribution in [-0.2, 0) is 9.59 Å². The Morgan fingerprint density at radius 1 is 1.10 bits per heavy atom. The minimum Gasteiger partial charge on any atom is -0.478 e. The number of likely N-dealkylation sites (N-methyl/N-ethyl adjacent to an activating group) is 1. The number of carboxylic acid groups (broad SMARTS) is 1. The molecular weight excluding hydrogens is 274 g/mol. The molecular formula is C14H23N3O4. The summed E-state index contributed by atoms with van der Waals surface area (Å²) in [5.41, 5.74) is -0.205. The molecule has 0 bridgehead atoms. The summed E-state index contributed by atoms with van der Waals surface area (Å²) in [7, 11) is 1.99. The number of piperazine rings is 1. The van der Waals surface area contributed by atoms with Crippen molar-refractivity contribution in [2.75, 3.05) is 26.7 Å². The highest BCUT2D eigenvalue weighted by atomic mass is 16.4. The molecule has 2 N–H and O–H groups in total. The van der Waals surface area contributed by atoms with Crippen LogP contribution in [0.15, 0.2) is 11.1 Å². The van der Waals surface area contributed by atoms with Crippen LogP contribution in [0.3, 0.4) is 0 Å². The molecule has 7 nitrogen and oxygen atoms in total. The molecule has 0 spiro atoms. The fourth-order valence-electron chi connectivity index (χ4n) is 2.01. The van der Waals surface area contributed by atoms with Crippen molar-refractivity contribution in [3.05, 3.63) is 11.1 Å². The van der Waals surface area contributed by atoms with Gasteiger partial charge in [-0.3, -0.25) is 15.0 Å². The number of imide groups is 1. The van der Waals surface area contributed by atoms with Crippen molar-refractivity contribution >= 4 is 17.9 Å². The van der Waals surface area contributed by atoms with Gasteiger partial charge in [-0.2, -0.15) is 0 Å². The lowest BCUT2D eigenvalue weighted by molar-refractivity contribution is -0.133. The van der Waals surface area contributed by atoms with E-state index in [2.05, 4.69) is 10.2 Å². The molecule has 1 fully saturated rings. The Morgan fingerprint density at radius 3 is 2.14 bits per heavy atom. The maximum atomic E-state index is 12.1. The van der Waals surface area contributed by atoms with E-state index in [1.165, 1.54) is 13.8 Å². The Labute approximate surface area is 124 Å². The van der Waals surface area contributed by atoms with E-state index in [-0.39, 0.29) is 16.7 Å². The normalized spacial score (nSPS) is 19.8. The lowest BCUT2D eigenvalue weighted by atomic mass is 10.00. The van der Waals surface area contributed by atoms with Gasteiger partial charge >= 0.3 is 12.0 Å². The van der Waals surface area contributed by atoms with E-state index in [1.807, 2.05) is 20.9 Å². The third-order valence-electron chi connectivity index (χ3n) is 4.05. The summed E-state index contributed by atoms with van der Waals surface area (Å²) < 4.78 is 0. The Bertz CT molecular complexity index is 496. The van der Waals surface area contributed by atoms with E-state index in [1.54, 1.807) is 4.90 Å². The molecule has 0 aliphatic carbocycles. The average molecular weight is 297 g/mol. The maximum Gasteiger partial charge on any atom is 0.331 e. The minimum atomic E-state index is -1.17. The quantitative estimate of drug-likeness (QED) is 0.731. The number of amides is 3. The number of aliphatic carboxylic acids is 1. The number of rotatable bonds is 2. The van der Waals surface area contributed by atoms with Crippen LogP contribution in [-0.4, -0.2) is 65.0 Å². The summed E-state index contributed by atoms with van der Waals surface area (Å²) in [4.78, 5) is 38.5. The van der Waals surface area contributed by atoms with Crippen LogP contribution in [0.5, 0.6) is 0 Å². The molecule has 0 radical (unpaired) electrons. The molecule has 3 amide bonds. The first-order valence-electron chi connectivity index (χ1n) is 6.78. The number of hydrogen-bond donors (Lipinski definition) is 2. The zero-order chi connectivity index (χ0) is 16.4. The Kier molecular flexibility index (Phi) is 5.11. The highest BCUT2D eigenvalue weighted by molar-refractivity contribution is 6.07. The predicted molar refractivity (Wildman–Crippen MR) is 77.8 cm³/mol. The third-order valence-corrected chi connectivity index (χ3v) is 4.05. The molecule has 118 valence electrons. The predicted octanol–water partition coefficient (Wildman–Crippen LogP) is 0.670. The van der Waals surface area contributed by atoms with E-state index in [0.29, 0.717) is 13.1 Å². The third kappa shape index (κ3) is 4.04. The molecule has 1 aliphatic heterocycles. The molecule has 0 atom stereocenters. The monoisotopic (exact) mass is 297 g/mol. The van der Waals surface area contributed by atoms with Crippen LogP contribution < -0.4 is 5.32 Å². The van der Waals surface area contributed by atoms with Gasteiger partial charge in [0.2, 0.25) is 0 Å². The first-order valence-corrected chi connectivity index (χ1v) is 6.78. The number of carbonyl (C=O) groups excluding carboxylic acids is 2. The van der Waals surface area contributed by atoms with Gasteiger partial charge in [-0.1, -0.05) is 0 Å². The second kappa shape index (κ2) is 6.26. The molecule has 1 rings (SSSR count). The fraction of sp³-hybridized carbons (Fsp3) is 0.643. The molecule has 7 heteroatoms. The smallest absolute Gasteiger partial charge is 0.331 e. The Morgan fingerprint density at radius 2 is 1.67 bits per heavy atom. The number of carboxylic acids is 1. The molecule has 0 aromatic carbocycles. The number of carbonyl (C=O) groups is 3. The number of urea groups is 1. The van der Waals surface area contributed by atoms with Crippen molar-refractivity contribution in [3.8, 4) is 0 Å². The second-order valence-electron chi connectivity index (χ2n) is 5.97. The van der Waals surface area contributed by atoms with Gasteiger partial charge in [-0.25, -0.2) is 9.59 Å². The van der Waals surface area contributed by atoms with Gasteiger partial charge in [0.1, 0.15) is 0 Å². The molecule has 0 saturated carbocycles. The van der Waals surface area contributed by atoms with Gasteiger partial charge in [-0.15, -0.1) is 0 Å². The highest BCUT2D eigenvalue weighted by Crippen LogP contribution is 2.18. The van der Waals surface area contributed by atoms with E-state index in [9.17, 15) is 14.4 Å². The van der Waals surface area contributed by atoms with E-state index in [4.69, 9.17) is 5.11 Å². The molecule has 0 aromatic rings.